The fraction of sp³-hybridized carbons (Fsp3) is 0.524. The Hall–Kier alpha value is -2.48. The Labute approximate surface area is 174 Å². The van der Waals surface area contributed by atoms with Crippen LogP contribution in [0.25, 0.3) is 10.6 Å². The van der Waals surface area contributed by atoms with Gasteiger partial charge in [0.1, 0.15) is 11.0 Å². The summed E-state index contributed by atoms with van der Waals surface area (Å²) in [6.07, 6.45) is 7.14. The highest BCUT2D eigenvalue weighted by Gasteiger charge is 2.35. The Morgan fingerprint density at radius 3 is 2.72 bits per heavy atom. The first-order valence-electron chi connectivity index (χ1n) is 10.4. The van der Waals surface area contributed by atoms with Crippen molar-refractivity contribution in [1.29, 1.82) is 0 Å². The van der Waals surface area contributed by atoms with Crippen LogP contribution in [0.15, 0.2) is 24.3 Å². The first-order valence-corrected chi connectivity index (χ1v) is 11.2. The van der Waals surface area contributed by atoms with Crippen molar-refractivity contribution in [3.63, 3.8) is 0 Å². The number of nitrogens with one attached hydrogen (secondary N) is 2. The Morgan fingerprint density at radius 1 is 1.10 bits per heavy atom. The summed E-state index contributed by atoms with van der Waals surface area (Å²) in [4.78, 5) is 27.2. The lowest BCUT2D eigenvalue weighted by Gasteiger charge is -2.28. The zero-order valence-electron chi connectivity index (χ0n) is 16.7. The molecule has 1 aliphatic carbocycles. The van der Waals surface area contributed by atoms with E-state index >= 15 is 0 Å². The van der Waals surface area contributed by atoms with Gasteiger partial charge in [-0.15, -0.1) is 10.2 Å². The maximum atomic E-state index is 12.8. The zero-order valence-corrected chi connectivity index (χ0v) is 17.5. The molecule has 0 radical (unpaired) electrons. The number of hydrogen-bond donors (Lipinski definition) is 2. The van der Waals surface area contributed by atoms with Crippen LogP contribution >= 0.6 is 11.3 Å². The van der Waals surface area contributed by atoms with Gasteiger partial charge in [-0.25, -0.2) is 4.79 Å². The number of rotatable bonds is 4. The summed E-state index contributed by atoms with van der Waals surface area (Å²) < 4.78 is 0. The quantitative estimate of drug-likeness (QED) is 0.794. The second-order valence-electron chi connectivity index (χ2n) is 7.91. The number of amides is 3. The predicted octanol–water partition coefficient (Wildman–Crippen LogP) is 3.96. The summed E-state index contributed by atoms with van der Waals surface area (Å²) in [6.45, 7) is 2.64. The molecular weight excluding hydrogens is 386 g/mol. The predicted molar refractivity (Wildman–Crippen MR) is 114 cm³/mol. The van der Waals surface area contributed by atoms with Gasteiger partial charge in [0.2, 0.25) is 11.0 Å². The Bertz CT molecular complexity index is 877. The van der Waals surface area contributed by atoms with Gasteiger partial charge < -0.3 is 10.2 Å². The first kappa shape index (κ1) is 19.8. The molecule has 1 aromatic heterocycles. The van der Waals surface area contributed by atoms with Crippen LogP contribution in [0.2, 0.25) is 0 Å². The molecule has 4 rings (SSSR count). The second-order valence-corrected chi connectivity index (χ2v) is 8.88. The van der Waals surface area contributed by atoms with Gasteiger partial charge in [-0.2, -0.15) is 0 Å². The normalized spacial score (nSPS) is 19.9. The average Bonchev–Trinajstić information content (AvgIpc) is 3.38. The second kappa shape index (κ2) is 8.90. The largest absolute Gasteiger partial charge is 0.335 e. The van der Waals surface area contributed by atoms with Gasteiger partial charge in [0.05, 0.1) is 0 Å². The number of urea groups is 1. The fourth-order valence-electron chi connectivity index (χ4n) is 4.14. The van der Waals surface area contributed by atoms with Gasteiger partial charge in [-0.05, 0) is 38.7 Å². The molecule has 29 heavy (non-hydrogen) atoms. The Balaban J connectivity index is 1.38. The molecule has 0 bridgehead atoms. The van der Waals surface area contributed by atoms with E-state index < -0.39 is 6.04 Å². The smallest absolute Gasteiger partial charge is 0.318 e. The van der Waals surface area contributed by atoms with Crippen LogP contribution in [-0.2, 0) is 4.79 Å². The van der Waals surface area contributed by atoms with Crippen molar-refractivity contribution in [1.82, 2.24) is 20.4 Å². The van der Waals surface area contributed by atoms with Crippen LogP contribution in [0.1, 0.15) is 50.5 Å². The van der Waals surface area contributed by atoms with E-state index in [1.807, 2.05) is 31.2 Å². The minimum atomic E-state index is -0.454. The number of carbonyl (C=O) groups excluding carboxylic acids is 2. The third-order valence-corrected chi connectivity index (χ3v) is 6.56. The van der Waals surface area contributed by atoms with Crippen LogP contribution in [0.5, 0.6) is 0 Å². The van der Waals surface area contributed by atoms with Crippen molar-refractivity contribution in [2.75, 3.05) is 11.9 Å². The van der Waals surface area contributed by atoms with Crippen molar-refractivity contribution in [3.05, 3.63) is 29.8 Å². The highest BCUT2D eigenvalue weighted by atomic mass is 32.1. The highest BCUT2D eigenvalue weighted by molar-refractivity contribution is 7.18. The number of hydrogen-bond acceptors (Lipinski definition) is 5. The van der Waals surface area contributed by atoms with Crippen molar-refractivity contribution >= 4 is 28.4 Å². The maximum Gasteiger partial charge on any atom is 0.318 e. The lowest BCUT2D eigenvalue weighted by atomic mass is 9.96. The molecule has 154 valence electrons. The van der Waals surface area contributed by atoms with Crippen LogP contribution in [0.4, 0.5) is 9.93 Å². The van der Waals surface area contributed by atoms with Gasteiger partial charge in [-0.3, -0.25) is 10.1 Å². The molecular formula is C21H27N5O2S. The summed E-state index contributed by atoms with van der Waals surface area (Å²) in [5, 5.41) is 15.5. The van der Waals surface area contributed by atoms with Gasteiger partial charge in [0.15, 0.2) is 0 Å². The first-order chi connectivity index (χ1) is 14.1. The molecule has 3 amide bonds. The van der Waals surface area contributed by atoms with E-state index in [2.05, 4.69) is 20.8 Å². The number of likely N-dealkylation sites (tertiary alicyclic amines) is 1. The standard InChI is InChI=1S/C21H27N5O2S/c1-14-7-5-8-15(13-14)19-24-25-20(29-19)23-18(27)17-11-6-12-26(17)21(28)22-16-9-3-2-4-10-16/h5,7-8,13,16-17H,2-4,6,9-12H2,1H3,(H,22,28)(H,23,25,27). The van der Waals surface area contributed by atoms with E-state index in [0.29, 0.717) is 18.1 Å². The van der Waals surface area contributed by atoms with Gasteiger partial charge in [0.25, 0.3) is 0 Å². The molecule has 0 spiro atoms. The molecule has 1 saturated heterocycles. The van der Waals surface area contributed by atoms with Gasteiger partial charge in [-0.1, -0.05) is 54.4 Å². The number of carbonyl (C=O) groups is 2. The summed E-state index contributed by atoms with van der Waals surface area (Å²) in [6, 6.07) is 7.69. The fourth-order valence-corrected chi connectivity index (χ4v) is 4.89. The monoisotopic (exact) mass is 413 g/mol. The minimum Gasteiger partial charge on any atom is -0.335 e. The topological polar surface area (TPSA) is 87.2 Å². The lowest BCUT2D eigenvalue weighted by Crippen LogP contribution is -2.50. The van der Waals surface area contributed by atoms with E-state index in [9.17, 15) is 9.59 Å². The molecule has 1 aliphatic heterocycles. The van der Waals surface area contributed by atoms with E-state index in [-0.39, 0.29) is 18.0 Å². The van der Waals surface area contributed by atoms with Crippen molar-refractivity contribution < 1.29 is 9.59 Å². The summed E-state index contributed by atoms with van der Waals surface area (Å²) in [7, 11) is 0. The summed E-state index contributed by atoms with van der Waals surface area (Å²) >= 11 is 1.35. The Morgan fingerprint density at radius 2 is 1.93 bits per heavy atom. The van der Waals surface area contributed by atoms with Crippen LogP contribution in [0, 0.1) is 6.92 Å². The Kier molecular flexibility index (Phi) is 6.08. The molecule has 7 nitrogen and oxygen atoms in total. The van der Waals surface area contributed by atoms with Crippen molar-refractivity contribution in [3.8, 4) is 10.6 Å². The SMILES string of the molecule is Cc1cccc(-c2nnc(NC(=O)C3CCCN3C(=O)NC3CCCCC3)s2)c1. The van der Waals surface area contributed by atoms with Crippen LogP contribution in [0.3, 0.4) is 0 Å². The number of aryl methyl sites for hydroxylation is 1. The summed E-state index contributed by atoms with van der Waals surface area (Å²) in [5.74, 6) is -0.187. The minimum absolute atomic E-state index is 0.118. The van der Waals surface area contributed by atoms with E-state index in [4.69, 9.17) is 0 Å². The van der Waals surface area contributed by atoms with Crippen LogP contribution in [-0.4, -0.2) is 45.7 Å². The van der Waals surface area contributed by atoms with Gasteiger partial charge >= 0.3 is 6.03 Å². The number of benzene rings is 1. The van der Waals surface area contributed by atoms with E-state index in [0.717, 1.165) is 48.2 Å². The molecule has 1 atom stereocenters. The third-order valence-electron chi connectivity index (χ3n) is 5.67. The molecule has 2 fully saturated rings. The molecule has 2 heterocycles. The molecule has 2 aromatic rings. The molecule has 1 saturated carbocycles. The molecule has 1 aromatic carbocycles. The highest BCUT2D eigenvalue weighted by Crippen LogP contribution is 2.28. The summed E-state index contributed by atoms with van der Waals surface area (Å²) in [5.41, 5.74) is 2.13. The number of nitrogens with zero attached hydrogens (tertiary/aromatic N) is 3. The third kappa shape index (κ3) is 4.75. The lowest BCUT2D eigenvalue weighted by molar-refractivity contribution is -0.119. The van der Waals surface area contributed by atoms with Crippen molar-refractivity contribution in [2.45, 2.75) is 64.0 Å². The van der Waals surface area contributed by atoms with Gasteiger partial charge in [0, 0.05) is 18.2 Å². The number of anilines is 1. The average molecular weight is 414 g/mol. The maximum absolute atomic E-state index is 12.8. The molecule has 8 heteroatoms. The molecule has 2 N–H and O–H groups in total. The van der Waals surface area contributed by atoms with E-state index in [1.165, 1.54) is 17.8 Å². The van der Waals surface area contributed by atoms with Crippen molar-refractivity contribution in [2.24, 2.45) is 0 Å². The number of aromatic nitrogens is 2. The molecule has 1 unspecified atom stereocenters. The molecule has 2 aliphatic rings. The van der Waals surface area contributed by atoms with Crippen LogP contribution < -0.4 is 10.6 Å². The zero-order chi connectivity index (χ0) is 20.2. The van der Waals surface area contributed by atoms with E-state index in [1.54, 1.807) is 4.90 Å².